The Morgan fingerprint density at radius 1 is 0.274 bits per heavy atom. The van der Waals surface area contributed by atoms with Crippen LogP contribution < -0.4 is 14.7 Å². The van der Waals surface area contributed by atoms with Crippen molar-refractivity contribution in [3.63, 3.8) is 0 Å². The highest BCUT2D eigenvalue weighted by atomic mass is 15.2. The van der Waals surface area contributed by atoms with E-state index in [4.69, 9.17) is 0 Å². The Morgan fingerprint density at radius 2 is 0.547 bits per heavy atom. The first-order valence-electron chi connectivity index (χ1n) is 33.9. The molecule has 0 saturated carbocycles. The third kappa shape index (κ3) is 10.5. The van der Waals surface area contributed by atoms with E-state index >= 15 is 0 Å². The Kier molecular flexibility index (Phi) is 15.2. The maximum atomic E-state index is 2.51. The van der Waals surface area contributed by atoms with E-state index in [0.717, 1.165) is 51.9 Å². The highest BCUT2D eigenvalue weighted by Gasteiger charge is 2.50. The highest BCUT2D eigenvalue weighted by molar-refractivity contribution is 5.89. The van der Waals surface area contributed by atoms with Gasteiger partial charge in [0.1, 0.15) is 0 Å². The third-order valence-electron chi connectivity index (χ3n) is 20.5. The van der Waals surface area contributed by atoms with Gasteiger partial charge in [-0.15, -0.1) is 0 Å². The molecule has 95 heavy (non-hydrogen) atoms. The Hall–Kier alpha value is -10.5. The lowest BCUT2D eigenvalue weighted by Gasteiger charge is -2.41. The van der Waals surface area contributed by atoms with Crippen LogP contribution in [0.25, 0.3) is 22.3 Å². The maximum Gasteiger partial charge on any atom is 0.0713 e. The lowest BCUT2D eigenvalue weighted by Crippen LogP contribution is -2.36. The van der Waals surface area contributed by atoms with Gasteiger partial charge >= 0.3 is 0 Å². The molecule has 15 rings (SSSR count). The average Bonchev–Trinajstić information content (AvgIpc) is 1.58. The topological polar surface area (TPSA) is 9.72 Å². The molecule has 3 aliphatic rings. The van der Waals surface area contributed by atoms with Gasteiger partial charge in [0.15, 0.2) is 0 Å². The molecule has 1 atom stereocenters. The van der Waals surface area contributed by atoms with E-state index in [-0.39, 0.29) is 22.2 Å². The van der Waals surface area contributed by atoms with Crippen LogP contribution in [0.2, 0.25) is 0 Å². The van der Waals surface area contributed by atoms with Crippen molar-refractivity contribution in [1.82, 2.24) is 0 Å². The lowest BCUT2D eigenvalue weighted by atomic mass is 9.62. The smallest absolute Gasteiger partial charge is 0.0713 e. The largest absolute Gasteiger partial charge is 0.311 e. The van der Waals surface area contributed by atoms with Crippen molar-refractivity contribution in [2.75, 3.05) is 14.7 Å². The zero-order valence-electron chi connectivity index (χ0n) is 56.2. The first-order chi connectivity index (χ1) is 46.0. The van der Waals surface area contributed by atoms with Crippen molar-refractivity contribution in [1.29, 1.82) is 0 Å². The van der Waals surface area contributed by atoms with E-state index in [9.17, 15) is 0 Å². The third-order valence-corrected chi connectivity index (χ3v) is 20.5. The maximum absolute atomic E-state index is 2.51. The van der Waals surface area contributed by atoms with Crippen molar-refractivity contribution in [2.24, 2.45) is 5.92 Å². The molecule has 0 bridgehead atoms. The highest BCUT2D eigenvalue weighted by Crippen LogP contribution is 2.60. The fraction of sp³-hybridized carbons (Fsp3) is 0.174. The second-order valence-corrected chi connectivity index (χ2v) is 29.3. The Balaban J connectivity index is 0.837. The van der Waals surface area contributed by atoms with Gasteiger partial charge < -0.3 is 14.7 Å². The zero-order chi connectivity index (χ0) is 65.3. The average molecular weight is 1230 g/mol. The summed E-state index contributed by atoms with van der Waals surface area (Å²) in [7, 11) is 0. The number of nitrogens with zero attached hydrogens (tertiary/aromatic N) is 3. The van der Waals surface area contributed by atoms with Crippen LogP contribution in [0.5, 0.6) is 0 Å². The zero-order valence-corrected chi connectivity index (χ0v) is 56.2. The number of rotatable bonds is 13. The number of hydrogen-bond donors (Lipinski definition) is 0. The summed E-state index contributed by atoms with van der Waals surface area (Å²) >= 11 is 0. The molecule has 12 aromatic carbocycles. The molecule has 3 heteroatoms. The van der Waals surface area contributed by atoms with Crippen LogP contribution in [-0.4, -0.2) is 0 Å². The van der Waals surface area contributed by atoms with Gasteiger partial charge in [-0.3, -0.25) is 0 Å². The number of anilines is 8. The normalized spacial score (nSPS) is 15.0. The Labute approximate surface area is 563 Å². The number of fused-ring (bicyclic) bond motifs is 6. The fourth-order valence-corrected chi connectivity index (χ4v) is 15.7. The molecule has 1 unspecified atom stereocenters. The predicted molar refractivity (Wildman–Crippen MR) is 401 cm³/mol. The van der Waals surface area contributed by atoms with E-state index in [2.05, 4.69) is 399 Å². The molecule has 0 heterocycles. The van der Waals surface area contributed by atoms with Crippen LogP contribution in [0, 0.1) is 5.92 Å². The Morgan fingerprint density at radius 3 is 0.884 bits per heavy atom. The van der Waals surface area contributed by atoms with E-state index in [1.807, 2.05) is 0 Å². The summed E-state index contributed by atoms with van der Waals surface area (Å²) < 4.78 is 0. The lowest BCUT2D eigenvalue weighted by molar-refractivity contribution is 0.456. The van der Waals surface area contributed by atoms with Crippen molar-refractivity contribution in [3.8, 4) is 22.3 Å². The van der Waals surface area contributed by atoms with E-state index < -0.39 is 10.8 Å². The van der Waals surface area contributed by atoms with Crippen LogP contribution in [0.1, 0.15) is 124 Å². The molecule has 0 aliphatic heterocycles. The molecule has 0 radical (unpaired) electrons. The van der Waals surface area contributed by atoms with Crippen LogP contribution in [0.3, 0.4) is 0 Å². The van der Waals surface area contributed by atoms with Gasteiger partial charge in [-0.25, -0.2) is 0 Å². The number of hydrogen-bond acceptors (Lipinski definition) is 3. The molecule has 12 aromatic rings. The molecule has 0 N–H and O–H groups in total. The van der Waals surface area contributed by atoms with Crippen LogP contribution in [0.15, 0.2) is 327 Å². The summed E-state index contributed by atoms with van der Waals surface area (Å²) in [6.07, 6.45) is 8.23. The summed E-state index contributed by atoms with van der Waals surface area (Å²) in [5.74, 6) is 0.110. The Bertz CT molecular complexity index is 4710. The predicted octanol–water partition coefficient (Wildman–Crippen LogP) is 24.5. The van der Waals surface area contributed by atoms with E-state index in [1.54, 1.807) is 0 Å². The number of allylic oxidation sites excluding steroid dienone is 3. The monoisotopic (exact) mass is 1230 g/mol. The molecule has 0 saturated heterocycles. The van der Waals surface area contributed by atoms with Crippen LogP contribution in [0.4, 0.5) is 45.5 Å². The molecular weight excluding hydrogens is 1150 g/mol. The van der Waals surface area contributed by atoms with Gasteiger partial charge in [-0.1, -0.05) is 281 Å². The molecular formula is C92H83N3. The van der Waals surface area contributed by atoms with Crippen molar-refractivity contribution < 1.29 is 0 Å². The van der Waals surface area contributed by atoms with Gasteiger partial charge in [-0.05, 0) is 210 Å². The van der Waals surface area contributed by atoms with Crippen molar-refractivity contribution in [2.45, 2.75) is 95.8 Å². The minimum absolute atomic E-state index is 0.00614. The minimum Gasteiger partial charge on any atom is -0.311 e. The fourth-order valence-electron chi connectivity index (χ4n) is 15.7. The molecule has 3 nitrogen and oxygen atoms in total. The molecule has 466 valence electrons. The van der Waals surface area contributed by atoms with Crippen molar-refractivity contribution >= 4 is 45.5 Å². The molecule has 0 fully saturated rings. The number of para-hydroxylation sites is 2. The second kappa shape index (κ2) is 23.8. The summed E-state index contributed by atoms with van der Waals surface area (Å²) in [4.78, 5) is 7.25. The van der Waals surface area contributed by atoms with Crippen LogP contribution in [-0.2, 0) is 27.1 Å². The summed E-state index contributed by atoms with van der Waals surface area (Å²) in [5.41, 5.74) is 27.1. The van der Waals surface area contributed by atoms with Gasteiger partial charge in [0, 0.05) is 51.2 Å². The van der Waals surface area contributed by atoms with Gasteiger partial charge in [0.25, 0.3) is 0 Å². The van der Waals surface area contributed by atoms with Crippen molar-refractivity contribution in [3.05, 3.63) is 383 Å². The van der Waals surface area contributed by atoms with Gasteiger partial charge in [0.05, 0.1) is 10.8 Å². The van der Waals surface area contributed by atoms with Crippen LogP contribution >= 0.6 is 0 Å². The van der Waals surface area contributed by atoms with Gasteiger partial charge in [-0.2, -0.15) is 0 Å². The first kappa shape index (κ1) is 60.7. The molecule has 3 aliphatic carbocycles. The summed E-state index contributed by atoms with van der Waals surface area (Å²) in [5, 5.41) is 0. The van der Waals surface area contributed by atoms with E-state index in [0.29, 0.717) is 0 Å². The van der Waals surface area contributed by atoms with E-state index in [1.165, 1.54) is 83.6 Å². The SMILES string of the molecule is CC(C)(C)c1ccc(N(C2=CCC(C3(c4ccc(N(c5ccc(C(C)(C)C)cc5)c5ccc(C6(c7ccc(N(c8ccccc8)c8ccc(C(C)(C)C)cc8)cc7)c7ccccc7-c7ccccc76)cc5)cc4)c4ccccc4-c4ccccc43)C=C2)c2ccccc2)cc1. The molecule has 0 aromatic heterocycles. The van der Waals surface area contributed by atoms with Gasteiger partial charge in [0.2, 0.25) is 0 Å². The summed E-state index contributed by atoms with van der Waals surface area (Å²) in [6, 6.07) is 114. The quantitative estimate of drug-likeness (QED) is 0.114. The first-order valence-corrected chi connectivity index (χ1v) is 33.9. The second-order valence-electron chi connectivity index (χ2n) is 29.3. The molecule has 0 spiro atoms. The molecule has 0 amide bonds. The standard InChI is InChI=1S/C92H83N3/c1-88(2,3)64-36-50-73(51-37-64)93(71-24-12-10-13-25-71)76-56-42-67(43-57-76)91(84-32-20-16-28-80(84)81-29-17-21-33-85(81)91)69-46-60-78(61-47-69)95(75-54-40-66(41-55-75)90(7,8)9)79-62-48-70(49-63-79)92(86-34-22-18-30-82(86)83-31-19-23-35-87(83)92)68-44-58-77(59-45-68)94(72-26-14-11-15-27-72)74-52-38-65(39-53-74)89(4,5)6/h10-44,46-63,68H,45H2,1-9H3. The number of benzene rings is 12. The summed E-state index contributed by atoms with van der Waals surface area (Å²) in [6.45, 7) is 20.6. The minimum atomic E-state index is -0.611.